The van der Waals surface area contributed by atoms with Gasteiger partial charge in [-0.3, -0.25) is 0 Å². The van der Waals surface area contributed by atoms with Crippen molar-refractivity contribution in [2.24, 2.45) is 5.92 Å². The lowest BCUT2D eigenvalue weighted by Gasteiger charge is -2.38. The number of nitrogens with zero attached hydrogens (tertiary/aromatic N) is 1. The molecular formula is C14H28N2O. The van der Waals surface area contributed by atoms with Gasteiger partial charge in [-0.2, -0.15) is 0 Å². The molecule has 2 N–H and O–H groups in total. The molecule has 0 aromatic rings. The standard InChI is InChI=1S/C14H28N2O/c1-12(9-14-6-2-3-7-15-14)16-8-4-5-13(10-16)11-17/h12-15,17H,2-11H2,1H3. The summed E-state index contributed by atoms with van der Waals surface area (Å²) in [6, 6.07) is 1.40. The Kier molecular flexibility index (Phi) is 5.26. The molecule has 0 aromatic carbocycles. The Bertz CT molecular complexity index is 216. The molecule has 2 rings (SSSR count). The van der Waals surface area contributed by atoms with Gasteiger partial charge in [0.15, 0.2) is 0 Å². The van der Waals surface area contributed by atoms with Crippen molar-refractivity contribution in [3.63, 3.8) is 0 Å². The highest BCUT2D eigenvalue weighted by atomic mass is 16.3. The predicted octanol–water partition coefficient (Wildman–Crippen LogP) is 1.61. The SMILES string of the molecule is CC(CC1CCCCN1)N1CCCC(CO)C1. The van der Waals surface area contributed by atoms with Crippen LogP contribution in [-0.4, -0.2) is 48.3 Å². The van der Waals surface area contributed by atoms with E-state index < -0.39 is 0 Å². The fourth-order valence-electron chi connectivity index (χ4n) is 3.33. The Morgan fingerprint density at radius 1 is 1.29 bits per heavy atom. The molecule has 0 amide bonds. The molecule has 3 atom stereocenters. The summed E-state index contributed by atoms with van der Waals surface area (Å²) in [5.74, 6) is 0.519. The Morgan fingerprint density at radius 3 is 2.88 bits per heavy atom. The van der Waals surface area contributed by atoms with Gasteiger partial charge >= 0.3 is 0 Å². The van der Waals surface area contributed by atoms with Crippen LogP contribution in [0.3, 0.4) is 0 Å². The summed E-state index contributed by atoms with van der Waals surface area (Å²) in [5, 5.41) is 12.9. The first-order valence-corrected chi connectivity index (χ1v) is 7.38. The molecule has 0 radical (unpaired) electrons. The second-order valence-electron chi connectivity index (χ2n) is 5.92. The molecule has 3 unspecified atom stereocenters. The summed E-state index contributed by atoms with van der Waals surface area (Å²) in [6.07, 6.45) is 7.83. The molecule has 17 heavy (non-hydrogen) atoms. The average molecular weight is 240 g/mol. The van der Waals surface area contributed by atoms with Crippen LogP contribution in [0.4, 0.5) is 0 Å². The summed E-state index contributed by atoms with van der Waals surface area (Å²) in [7, 11) is 0. The fraction of sp³-hybridized carbons (Fsp3) is 1.00. The second-order valence-corrected chi connectivity index (χ2v) is 5.92. The van der Waals surface area contributed by atoms with Gasteiger partial charge in [0.1, 0.15) is 0 Å². The van der Waals surface area contributed by atoms with E-state index in [1.807, 2.05) is 0 Å². The molecule has 3 heteroatoms. The number of hydrogen-bond donors (Lipinski definition) is 2. The molecule has 0 saturated carbocycles. The van der Waals surface area contributed by atoms with Crippen molar-refractivity contribution >= 4 is 0 Å². The Labute approximate surface area is 106 Å². The highest BCUT2D eigenvalue weighted by Crippen LogP contribution is 2.21. The number of nitrogens with one attached hydrogen (secondary N) is 1. The van der Waals surface area contributed by atoms with E-state index in [1.165, 1.54) is 51.6 Å². The lowest BCUT2D eigenvalue weighted by molar-refractivity contribution is 0.0848. The van der Waals surface area contributed by atoms with E-state index in [-0.39, 0.29) is 0 Å². The van der Waals surface area contributed by atoms with Crippen LogP contribution < -0.4 is 5.32 Å². The van der Waals surface area contributed by atoms with Gasteiger partial charge in [0.2, 0.25) is 0 Å². The molecule has 3 nitrogen and oxygen atoms in total. The minimum atomic E-state index is 0.366. The molecule has 2 heterocycles. The molecule has 2 aliphatic heterocycles. The van der Waals surface area contributed by atoms with Crippen molar-refractivity contribution in [1.82, 2.24) is 10.2 Å². The van der Waals surface area contributed by atoms with E-state index in [9.17, 15) is 5.11 Å². The second kappa shape index (κ2) is 6.72. The number of rotatable bonds is 4. The molecular weight excluding hydrogens is 212 g/mol. The lowest BCUT2D eigenvalue weighted by atomic mass is 9.94. The van der Waals surface area contributed by atoms with Crippen LogP contribution in [0.15, 0.2) is 0 Å². The molecule has 0 aliphatic carbocycles. The zero-order valence-corrected chi connectivity index (χ0v) is 11.2. The van der Waals surface area contributed by atoms with Crippen LogP contribution in [0.2, 0.25) is 0 Å². The normalized spacial score (nSPS) is 33.5. The van der Waals surface area contributed by atoms with Crippen LogP contribution in [0.5, 0.6) is 0 Å². The van der Waals surface area contributed by atoms with Crippen LogP contribution in [0, 0.1) is 5.92 Å². The summed E-state index contributed by atoms with van der Waals surface area (Å²) >= 11 is 0. The van der Waals surface area contributed by atoms with E-state index >= 15 is 0 Å². The van der Waals surface area contributed by atoms with E-state index in [2.05, 4.69) is 17.1 Å². The predicted molar refractivity (Wildman–Crippen MR) is 71.1 cm³/mol. The van der Waals surface area contributed by atoms with Crippen molar-refractivity contribution in [3.8, 4) is 0 Å². The van der Waals surface area contributed by atoms with E-state index in [0.29, 0.717) is 18.6 Å². The van der Waals surface area contributed by atoms with Gasteiger partial charge < -0.3 is 15.3 Å². The zero-order chi connectivity index (χ0) is 12.1. The highest BCUT2D eigenvalue weighted by molar-refractivity contribution is 4.82. The Hall–Kier alpha value is -0.120. The van der Waals surface area contributed by atoms with Gasteiger partial charge in [-0.1, -0.05) is 6.42 Å². The van der Waals surface area contributed by atoms with Crippen molar-refractivity contribution in [2.75, 3.05) is 26.2 Å². The first-order valence-electron chi connectivity index (χ1n) is 7.38. The summed E-state index contributed by atoms with van der Waals surface area (Å²) in [6.45, 7) is 6.26. The van der Waals surface area contributed by atoms with Gasteiger partial charge in [-0.05, 0) is 58.0 Å². The van der Waals surface area contributed by atoms with Gasteiger partial charge in [0.25, 0.3) is 0 Å². The maximum atomic E-state index is 9.27. The first-order chi connectivity index (χ1) is 8.29. The van der Waals surface area contributed by atoms with E-state index in [4.69, 9.17) is 0 Å². The summed E-state index contributed by atoms with van der Waals surface area (Å²) in [4.78, 5) is 2.58. The third-order valence-electron chi connectivity index (χ3n) is 4.47. The van der Waals surface area contributed by atoms with Gasteiger partial charge in [0, 0.05) is 25.2 Å². The van der Waals surface area contributed by atoms with Crippen LogP contribution in [0.25, 0.3) is 0 Å². The highest BCUT2D eigenvalue weighted by Gasteiger charge is 2.25. The number of likely N-dealkylation sites (tertiary alicyclic amines) is 1. The third-order valence-corrected chi connectivity index (χ3v) is 4.47. The van der Waals surface area contributed by atoms with E-state index in [0.717, 1.165) is 12.6 Å². The van der Waals surface area contributed by atoms with Gasteiger partial charge in [-0.25, -0.2) is 0 Å². The summed E-state index contributed by atoms with van der Waals surface area (Å²) < 4.78 is 0. The van der Waals surface area contributed by atoms with Crippen molar-refractivity contribution in [2.45, 2.75) is 57.5 Å². The monoisotopic (exact) mass is 240 g/mol. The Balaban J connectivity index is 1.75. The van der Waals surface area contributed by atoms with Crippen molar-refractivity contribution in [3.05, 3.63) is 0 Å². The first kappa shape index (κ1) is 13.3. The lowest BCUT2D eigenvalue weighted by Crippen LogP contribution is -2.46. The van der Waals surface area contributed by atoms with Gasteiger partial charge in [0.05, 0.1) is 0 Å². The quantitative estimate of drug-likeness (QED) is 0.784. The zero-order valence-electron chi connectivity index (χ0n) is 11.2. The van der Waals surface area contributed by atoms with Crippen LogP contribution >= 0.6 is 0 Å². The number of hydrogen-bond acceptors (Lipinski definition) is 3. The topological polar surface area (TPSA) is 35.5 Å². The average Bonchev–Trinajstić information content (AvgIpc) is 2.40. The molecule has 0 bridgehead atoms. The number of aliphatic hydroxyl groups excluding tert-OH is 1. The molecule has 2 aliphatic rings. The minimum Gasteiger partial charge on any atom is -0.396 e. The number of piperidine rings is 2. The molecule has 0 spiro atoms. The minimum absolute atomic E-state index is 0.366. The third kappa shape index (κ3) is 3.94. The largest absolute Gasteiger partial charge is 0.396 e. The van der Waals surface area contributed by atoms with Crippen molar-refractivity contribution in [1.29, 1.82) is 0 Å². The number of aliphatic hydroxyl groups is 1. The van der Waals surface area contributed by atoms with Crippen molar-refractivity contribution < 1.29 is 5.11 Å². The molecule has 2 fully saturated rings. The fourth-order valence-corrected chi connectivity index (χ4v) is 3.33. The van der Waals surface area contributed by atoms with E-state index in [1.54, 1.807) is 0 Å². The molecule has 2 saturated heterocycles. The smallest absolute Gasteiger partial charge is 0.0471 e. The maximum absolute atomic E-state index is 9.27. The maximum Gasteiger partial charge on any atom is 0.0471 e. The molecule has 100 valence electrons. The van der Waals surface area contributed by atoms with Crippen LogP contribution in [-0.2, 0) is 0 Å². The Morgan fingerprint density at radius 2 is 2.18 bits per heavy atom. The molecule has 0 aromatic heterocycles. The van der Waals surface area contributed by atoms with Crippen LogP contribution in [0.1, 0.15) is 45.4 Å². The van der Waals surface area contributed by atoms with Gasteiger partial charge in [-0.15, -0.1) is 0 Å². The summed E-state index contributed by atoms with van der Waals surface area (Å²) in [5.41, 5.74) is 0.